The molecule has 2 atom stereocenters. The van der Waals surface area contributed by atoms with E-state index in [0.29, 0.717) is 35.8 Å². The number of aromatic nitrogens is 2. The number of carbonyl (C=O) groups excluding carboxylic acids is 2. The van der Waals surface area contributed by atoms with Crippen molar-refractivity contribution >= 4 is 28.5 Å². The Morgan fingerprint density at radius 2 is 2.11 bits per heavy atom. The maximum Gasteiger partial charge on any atom is 0.255 e. The summed E-state index contributed by atoms with van der Waals surface area (Å²) in [6.45, 7) is 3.31. The number of aromatic amines is 1. The SMILES string of the molecule is CC1CC(CN)CN1C(=O)c1cccc(NC(=O)c2ccc3nc[nH]c3c2)c1. The van der Waals surface area contributed by atoms with Gasteiger partial charge in [0.05, 0.1) is 17.4 Å². The zero-order valence-corrected chi connectivity index (χ0v) is 15.7. The highest BCUT2D eigenvalue weighted by atomic mass is 16.2. The van der Waals surface area contributed by atoms with Crippen LogP contribution in [0.3, 0.4) is 0 Å². The number of nitrogens with two attached hydrogens (primary N) is 1. The Kier molecular flexibility index (Phi) is 4.83. The lowest BCUT2D eigenvalue weighted by Gasteiger charge is -2.22. The minimum Gasteiger partial charge on any atom is -0.345 e. The molecular formula is C21H23N5O2. The van der Waals surface area contributed by atoms with Gasteiger partial charge < -0.3 is 20.9 Å². The average molecular weight is 377 g/mol. The molecule has 0 spiro atoms. The van der Waals surface area contributed by atoms with E-state index in [1.54, 1.807) is 48.8 Å². The van der Waals surface area contributed by atoms with Crippen LogP contribution in [-0.4, -0.2) is 45.8 Å². The number of H-pyrrole nitrogens is 1. The lowest BCUT2D eigenvalue weighted by Crippen LogP contribution is -2.34. The quantitative estimate of drug-likeness (QED) is 0.650. The molecule has 2 unspecified atom stereocenters. The van der Waals surface area contributed by atoms with E-state index >= 15 is 0 Å². The number of nitrogens with zero attached hydrogens (tertiary/aromatic N) is 2. The third-order valence-corrected chi connectivity index (χ3v) is 5.31. The Balaban J connectivity index is 1.50. The first kappa shape index (κ1) is 18.2. The predicted molar refractivity (Wildman–Crippen MR) is 108 cm³/mol. The summed E-state index contributed by atoms with van der Waals surface area (Å²) in [6, 6.07) is 12.5. The molecule has 4 N–H and O–H groups in total. The van der Waals surface area contributed by atoms with Gasteiger partial charge in [-0.05, 0) is 62.2 Å². The molecule has 0 bridgehead atoms. The van der Waals surface area contributed by atoms with Gasteiger partial charge >= 0.3 is 0 Å². The van der Waals surface area contributed by atoms with Crippen molar-refractivity contribution in [3.63, 3.8) is 0 Å². The molecule has 1 saturated heterocycles. The van der Waals surface area contributed by atoms with Crippen LogP contribution in [-0.2, 0) is 0 Å². The van der Waals surface area contributed by atoms with Crippen molar-refractivity contribution in [1.29, 1.82) is 0 Å². The summed E-state index contributed by atoms with van der Waals surface area (Å²) in [5.41, 5.74) is 9.04. The fourth-order valence-electron chi connectivity index (χ4n) is 3.77. The van der Waals surface area contributed by atoms with Crippen LogP contribution in [0, 0.1) is 5.92 Å². The van der Waals surface area contributed by atoms with E-state index in [4.69, 9.17) is 5.73 Å². The first-order valence-corrected chi connectivity index (χ1v) is 9.40. The van der Waals surface area contributed by atoms with Gasteiger partial charge in [0, 0.05) is 29.4 Å². The van der Waals surface area contributed by atoms with Crippen molar-refractivity contribution in [3.8, 4) is 0 Å². The van der Waals surface area contributed by atoms with Crippen molar-refractivity contribution in [2.45, 2.75) is 19.4 Å². The number of imidazole rings is 1. The number of amides is 2. The van der Waals surface area contributed by atoms with Crippen molar-refractivity contribution in [1.82, 2.24) is 14.9 Å². The summed E-state index contributed by atoms with van der Waals surface area (Å²) < 4.78 is 0. The van der Waals surface area contributed by atoms with Crippen molar-refractivity contribution in [2.75, 3.05) is 18.4 Å². The Morgan fingerprint density at radius 3 is 2.89 bits per heavy atom. The molecule has 3 aromatic rings. The zero-order valence-electron chi connectivity index (χ0n) is 15.7. The second kappa shape index (κ2) is 7.44. The number of rotatable bonds is 4. The Morgan fingerprint density at radius 1 is 1.25 bits per heavy atom. The lowest BCUT2D eigenvalue weighted by atomic mass is 10.1. The van der Waals surface area contributed by atoms with Crippen LogP contribution in [0.1, 0.15) is 34.1 Å². The smallest absolute Gasteiger partial charge is 0.255 e. The van der Waals surface area contributed by atoms with E-state index in [9.17, 15) is 9.59 Å². The monoisotopic (exact) mass is 377 g/mol. The van der Waals surface area contributed by atoms with Gasteiger partial charge in [-0.3, -0.25) is 9.59 Å². The molecule has 2 amide bonds. The number of anilines is 1. The maximum atomic E-state index is 12.9. The van der Waals surface area contributed by atoms with Gasteiger partial charge in [-0.15, -0.1) is 0 Å². The number of hydrogen-bond acceptors (Lipinski definition) is 4. The molecule has 1 aliphatic heterocycles. The molecule has 2 heterocycles. The number of nitrogens with one attached hydrogen (secondary N) is 2. The van der Waals surface area contributed by atoms with Crippen LogP contribution < -0.4 is 11.1 Å². The normalized spacial score (nSPS) is 19.1. The summed E-state index contributed by atoms with van der Waals surface area (Å²) in [6.07, 6.45) is 2.52. The van der Waals surface area contributed by atoms with Gasteiger partial charge in [-0.25, -0.2) is 4.98 Å². The van der Waals surface area contributed by atoms with Crippen LogP contribution in [0.4, 0.5) is 5.69 Å². The standard InChI is InChI=1S/C21H23N5O2/c1-13-7-14(10-22)11-26(13)21(28)16-3-2-4-17(8-16)25-20(27)15-5-6-18-19(9-15)24-12-23-18/h2-6,8-9,12-14H,7,10-11,22H2,1H3,(H,23,24)(H,25,27). The number of benzene rings is 2. The first-order valence-electron chi connectivity index (χ1n) is 9.40. The largest absolute Gasteiger partial charge is 0.345 e. The van der Waals surface area contributed by atoms with Gasteiger partial charge in [-0.1, -0.05) is 6.07 Å². The van der Waals surface area contributed by atoms with Crippen LogP contribution in [0.5, 0.6) is 0 Å². The molecule has 4 rings (SSSR count). The molecule has 7 heteroatoms. The number of likely N-dealkylation sites (tertiary alicyclic amines) is 1. The van der Waals surface area contributed by atoms with Crippen molar-refractivity contribution in [2.24, 2.45) is 11.7 Å². The summed E-state index contributed by atoms with van der Waals surface area (Å²) in [4.78, 5) is 34.5. The number of hydrogen-bond donors (Lipinski definition) is 3. The van der Waals surface area contributed by atoms with Crippen LogP contribution in [0.2, 0.25) is 0 Å². The molecule has 0 aliphatic carbocycles. The van der Waals surface area contributed by atoms with E-state index in [0.717, 1.165) is 17.5 Å². The van der Waals surface area contributed by atoms with Crippen molar-refractivity contribution < 1.29 is 9.59 Å². The second-order valence-electron chi connectivity index (χ2n) is 7.31. The summed E-state index contributed by atoms with van der Waals surface area (Å²) in [5, 5.41) is 2.87. The van der Waals surface area contributed by atoms with Crippen LogP contribution >= 0.6 is 0 Å². The molecule has 28 heavy (non-hydrogen) atoms. The highest BCUT2D eigenvalue weighted by molar-refractivity contribution is 6.06. The fourth-order valence-corrected chi connectivity index (χ4v) is 3.77. The van der Waals surface area contributed by atoms with E-state index < -0.39 is 0 Å². The van der Waals surface area contributed by atoms with E-state index in [-0.39, 0.29) is 17.9 Å². The fraction of sp³-hybridized carbons (Fsp3) is 0.286. The van der Waals surface area contributed by atoms with Gasteiger partial charge in [0.15, 0.2) is 0 Å². The second-order valence-corrected chi connectivity index (χ2v) is 7.31. The Bertz CT molecular complexity index is 1030. The van der Waals surface area contributed by atoms with E-state index in [1.165, 1.54) is 0 Å². The third-order valence-electron chi connectivity index (χ3n) is 5.31. The molecule has 1 aliphatic rings. The molecular weight excluding hydrogens is 354 g/mol. The minimum absolute atomic E-state index is 0.0292. The van der Waals surface area contributed by atoms with E-state index in [2.05, 4.69) is 15.3 Å². The molecule has 1 fully saturated rings. The number of carbonyl (C=O) groups is 2. The molecule has 0 radical (unpaired) electrons. The van der Waals surface area contributed by atoms with Crippen molar-refractivity contribution in [3.05, 3.63) is 59.9 Å². The Labute approximate surface area is 162 Å². The zero-order chi connectivity index (χ0) is 19.7. The molecule has 7 nitrogen and oxygen atoms in total. The Hall–Kier alpha value is -3.19. The maximum absolute atomic E-state index is 12.9. The summed E-state index contributed by atoms with van der Waals surface area (Å²) in [5.74, 6) is 0.0801. The molecule has 144 valence electrons. The summed E-state index contributed by atoms with van der Waals surface area (Å²) in [7, 11) is 0. The van der Waals surface area contributed by atoms with E-state index in [1.807, 2.05) is 11.8 Å². The topological polar surface area (TPSA) is 104 Å². The average Bonchev–Trinajstić information content (AvgIpc) is 3.33. The van der Waals surface area contributed by atoms with Gasteiger partial charge in [0.1, 0.15) is 0 Å². The van der Waals surface area contributed by atoms with Gasteiger partial charge in [0.2, 0.25) is 0 Å². The molecule has 0 saturated carbocycles. The van der Waals surface area contributed by atoms with Gasteiger partial charge in [0.25, 0.3) is 11.8 Å². The highest BCUT2D eigenvalue weighted by Crippen LogP contribution is 2.25. The highest BCUT2D eigenvalue weighted by Gasteiger charge is 2.32. The van der Waals surface area contributed by atoms with Crippen LogP contribution in [0.15, 0.2) is 48.8 Å². The number of fused-ring (bicyclic) bond motifs is 1. The van der Waals surface area contributed by atoms with Gasteiger partial charge in [-0.2, -0.15) is 0 Å². The third kappa shape index (κ3) is 3.48. The minimum atomic E-state index is -0.237. The first-order chi connectivity index (χ1) is 13.5. The predicted octanol–water partition coefficient (Wildman–Crippen LogP) is 2.62. The van der Waals surface area contributed by atoms with Crippen LogP contribution in [0.25, 0.3) is 11.0 Å². The molecule has 2 aromatic carbocycles. The molecule has 1 aromatic heterocycles. The lowest BCUT2D eigenvalue weighted by molar-refractivity contribution is 0.0743. The summed E-state index contributed by atoms with van der Waals surface area (Å²) >= 11 is 0.